The van der Waals surface area contributed by atoms with E-state index in [9.17, 15) is 0 Å². The number of thioether (sulfide) groups is 1. The zero-order chi connectivity index (χ0) is 6.69. The maximum absolute atomic E-state index is 5.56. The highest BCUT2D eigenvalue weighted by Crippen LogP contribution is 2.28. The van der Waals surface area contributed by atoms with Crippen molar-refractivity contribution in [3.63, 3.8) is 0 Å². The van der Waals surface area contributed by atoms with Crippen molar-refractivity contribution in [2.24, 2.45) is 11.7 Å². The van der Waals surface area contributed by atoms with Crippen LogP contribution in [0.5, 0.6) is 0 Å². The number of hydrogen-bond donors (Lipinski definition) is 1. The van der Waals surface area contributed by atoms with Crippen LogP contribution in [0.25, 0.3) is 0 Å². The van der Waals surface area contributed by atoms with Crippen molar-refractivity contribution in [2.75, 3.05) is 12.3 Å². The van der Waals surface area contributed by atoms with E-state index in [1.54, 1.807) is 0 Å². The van der Waals surface area contributed by atoms with Gasteiger partial charge in [-0.1, -0.05) is 6.92 Å². The molecule has 54 valence electrons. The first-order valence-electron chi connectivity index (χ1n) is 3.64. The Morgan fingerprint density at radius 3 is 2.89 bits per heavy atom. The van der Waals surface area contributed by atoms with Gasteiger partial charge in [0, 0.05) is 5.25 Å². The minimum absolute atomic E-state index is 0.821. The molecule has 0 amide bonds. The van der Waals surface area contributed by atoms with Gasteiger partial charge in [-0.2, -0.15) is 11.8 Å². The van der Waals surface area contributed by atoms with E-state index in [4.69, 9.17) is 5.73 Å². The molecule has 0 aromatic heterocycles. The van der Waals surface area contributed by atoms with Crippen LogP contribution in [0.3, 0.4) is 0 Å². The van der Waals surface area contributed by atoms with E-state index < -0.39 is 0 Å². The fraction of sp³-hybridized carbons (Fsp3) is 1.00. The van der Waals surface area contributed by atoms with Gasteiger partial charge in [0.15, 0.2) is 0 Å². The third-order valence-electron chi connectivity index (χ3n) is 1.93. The summed E-state index contributed by atoms with van der Waals surface area (Å²) in [6.45, 7) is 3.19. The zero-order valence-electron chi connectivity index (χ0n) is 5.97. The number of hydrogen-bond acceptors (Lipinski definition) is 2. The average molecular weight is 145 g/mol. The van der Waals surface area contributed by atoms with Gasteiger partial charge in [-0.25, -0.2) is 0 Å². The Morgan fingerprint density at radius 2 is 2.44 bits per heavy atom. The minimum Gasteiger partial charge on any atom is -0.330 e. The molecule has 0 radical (unpaired) electrons. The molecular weight excluding hydrogens is 130 g/mol. The summed E-state index contributed by atoms with van der Waals surface area (Å²) in [7, 11) is 0. The molecule has 0 aromatic carbocycles. The first kappa shape index (κ1) is 7.42. The molecule has 1 aliphatic heterocycles. The lowest BCUT2D eigenvalue weighted by Gasteiger charge is -2.24. The Bertz CT molecular complexity index is 85.0. The lowest BCUT2D eigenvalue weighted by Crippen LogP contribution is -2.22. The number of rotatable bonds is 1. The molecule has 1 nitrogen and oxygen atoms in total. The van der Waals surface area contributed by atoms with Crippen molar-refractivity contribution < 1.29 is 0 Å². The van der Waals surface area contributed by atoms with Crippen LogP contribution in [-0.4, -0.2) is 17.5 Å². The average Bonchev–Trinajstić information content (AvgIpc) is 1.88. The fourth-order valence-electron chi connectivity index (χ4n) is 1.31. The highest BCUT2D eigenvalue weighted by atomic mass is 32.2. The summed E-state index contributed by atoms with van der Waals surface area (Å²) in [5.41, 5.74) is 5.56. The van der Waals surface area contributed by atoms with Crippen LogP contribution >= 0.6 is 11.8 Å². The summed E-state index contributed by atoms with van der Waals surface area (Å²) in [5, 5.41) is 0.854. The first-order chi connectivity index (χ1) is 4.33. The molecule has 2 atom stereocenters. The molecule has 0 bridgehead atoms. The molecular formula is C7H15NS. The van der Waals surface area contributed by atoms with E-state index >= 15 is 0 Å². The van der Waals surface area contributed by atoms with E-state index in [0.717, 1.165) is 17.7 Å². The van der Waals surface area contributed by atoms with Crippen LogP contribution in [0.4, 0.5) is 0 Å². The largest absolute Gasteiger partial charge is 0.330 e. The third-order valence-corrected chi connectivity index (χ3v) is 3.16. The van der Waals surface area contributed by atoms with Gasteiger partial charge in [0.2, 0.25) is 0 Å². The van der Waals surface area contributed by atoms with Crippen LogP contribution in [0.1, 0.15) is 19.8 Å². The van der Waals surface area contributed by atoms with Gasteiger partial charge in [-0.15, -0.1) is 0 Å². The summed E-state index contributed by atoms with van der Waals surface area (Å²) < 4.78 is 0. The molecule has 0 aliphatic carbocycles. The normalized spacial score (nSPS) is 36.7. The van der Waals surface area contributed by atoms with E-state index in [2.05, 4.69) is 18.7 Å². The Morgan fingerprint density at radius 1 is 1.67 bits per heavy atom. The molecule has 0 aromatic rings. The standard InChI is InChI=1S/C7H15NS/c1-6-4-7(5-8)2-3-9-6/h6-7H,2-5,8H2,1H3/t6-,7+/m0/s1. The van der Waals surface area contributed by atoms with Gasteiger partial charge in [0.25, 0.3) is 0 Å². The molecule has 1 heterocycles. The van der Waals surface area contributed by atoms with Gasteiger partial charge in [-0.3, -0.25) is 0 Å². The predicted octanol–water partition coefficient (Wildman–Crippen LogP) is 1.48. The summed E-state index contributed by atoms with van der Waals surface area (Å²) in [6.07, 6.45) is 2.67. The Labute approximate surface area is 61.4 Å². The van der Waals surface area contributed by atoms with Gasteiger partial charge in [0.05, 0.1) is 0 Å². The summed E-state index contributed by atoms with van der Waals surface area (Å²) in [6, 6.07) is 0. The second kappa shape index (κ2) is 3.47. The van der Waals surface area contributed by atoms with E-state index in [0.29, 0.717) is 0 Å². The Balaban J connectivity index is 2.23. The Kier molecular flexibility index (Phi) is 2.86. The predicted molar refractivity (Wildman–Crippen MR) is 43.7 cm³/mol. The molecule has 0 spiro atoms. The van der Waals surface area contributed by atoms with Crippen LogP contribution < -0.4 is 5.73 Å². The summed E-state index contributed by atoms with van der Waals surface area (Å²) >= 11 is 2.08. The van der Waals surface area contributed by atoms with Crippen molar-refractivity contribution in [1.82, 2.24) is 0 Å². The summed E-state index contributed by atoms with van der Waals surface area (Å²) in [4.78, 5) is 0. The van der Waals surface area contributed by atoms with Crippen molar-refractivity contribution in [3.05, 3.63) is 0 Å². The SMILES string of the molecule is C[C@H]1C[C@H](CN)CCS1. The second-order valence-corrected chi connectivity index (χ2v) is 4.35. The maximum Gasteiger partial charge on any atom is 0.00218 e. The lowest BCUT2D eigenvalue weighted by atomic mass is 10.0. The minimum atomic E-state index is 0.821. The van der Waals surface area contributed by atoms with E-state index in [-0.39, 0.29) is 0 Å². The van der Waals surface area contributed by atoms with Crippen molar-refractivity contribution in [1.29, 1.82) is 0 Å². The first-order valence-corrected chi connectivity index (χ1v) is 4.69. The van der Waals surface area contributed by atoms with E-state index in [1.807, 2.05) is 0 Å². The molecule has 1 saturated heterocycles. The van der Waals surface area contributed by atoms with Crippen LogP contribution in [0, 0.1) is 5.92 Å². The zero-order valence-corrected chi connectivity index (χ0v) is 6.79. The molecule has 1 aliphatic rings. The van der Waals surface area contributed by atoms with Gasteiger partial charge in [0.1, 0.15) is 0 Å². The molecule has 2 heteroatoms. The smallest absolute Gasteiger partial charge is 0.00218 e. The van der Waals surface area contributed by atoms with Gasteiger partial charge >= 0.3 is 0 Å². The molecule has 2 N–H and O–H groups in total. The monoisotopic (exact) mass is 145 g/mol. The topological polar surface area (TPSA) is 26.0 Å². The van der Waals surface area contributed by atoms with Crippen LogP contribution in [0.2, 0.25) is 0 Å². The van der Waals surface area contributed by atoms with Crippen molar-refractivity contribution >= 4 is 11.8 Å². The number of nitrogens with two attached hydrogens (primary N) is 1. The van der Waals surface area contributed by atoms with E-state index in [1.165, 1.54) is 18.6 Å². The van der Waals surface area contributed by atoms with Gasteiger partial charge < -0.3 is 5.73 Å². The molecule has 0 saturated carbocycles. The lowest BCUT2D eigenvalue weighted by molar-refractivity contribution is 0.471. The van der Waals surface area contributed by atoms with Crippen LogP contribution in [0.15, 0.2) is 0 Å². The fourth-order valence-corrected chi connectivity index (χ4v) is 2.59. The molecule has 9 heavy (non-hydrogen) atoms. The van der Waals surface area contributed by atoms with Crippen LogP contribution in [-0.2, 0) is 0 Å². The van der Waals surface area contributed by atoms with Crippen molar-refractivity contribution in [2.45, 2.75) is 25.0 Å². The quantitative estimate of drug-likeness (QED) is 0.605. The highest BCUT2D eigenvalue weighted by molar-refractivity contribution is 7.99. The van der Waals surface area contributed by atoms with Gasteiger partial charge in [-0.05, 0) is 31.1 Å². The second-order valence-electron chi connectivity index (χ2n) is 2.81. The highest BCUT2D eigenvalue weighted by Gasteiger charge is 2.16. The molecule has 0 unspecified atom stereocenters. The maximum atomic E-state index is 5.56. The Hall–Kier alpha value is 0.310. The molecule has 1 fully saturated rings. The van der Waals surface area contributed by atoms with Crippen molar-refractivity contribution in [3.8, 4) is 0 Å². The molecule has 1 rings (SSSR count). The third kappa shape index (κ3) is 2.18. The summed E-state index contributed by atoms with van der Waals surface area (Å²) in [5.74, 6) is 2.14.